The predicted molar refractivity (Wildman–Crippen MR) is 110 cm³/mol. The Bertz CT molecular complexity index is 1170. The number of aromatic carboxylic acids is 1. The van der Waals surface area contributed by atoms with Crippen LogP contribution in [0.25, 0.3) is 21.9 Å². The van der Waals surface area contributed by atoms with E-state index >= 15 is 0 Å². The van der Waals surface area contributed by atoms with Crippen LogP contribution in [0.15, 0.2) is 29.2 Å². The second-order valence-corrected chi connectivity index (χ2v) is 7.24. The van der Waals surface area contributed by atoms with Crippen LogP contribution in [0.5, 0.6) is 0 Å². The standard InChI is InChI=1S/C21H23FN4O3/c1-3-24-5-7-26(8-6-24)18-11-17-13(10-16(18)22)9-14-19(27)15(21(28)29)12-25(4-2)20(14)23-17/h9-12H,3-8H2,1-2H3,(H,28,29). The van der Waals surface area contributed by atoms with Gasteiger partial charge in [0.1, 0.15) is 17.0 Å². The van der Waals surface area contributed by atoms with Crippen molar-refractivity contribution in [2.75, 3.05) is 37.6 Å². The van der Waals surface area contributed by atoms with Crippen LogP contribution in [-0.2, 0) is 6.54 Å². The number of hydrogen-bond donors (Lipinski definition) is 1. The van der Waals surface area contributed by atoms with E-state index in [1.165, 1.54) is 12.3 Å². The minimum atomic E-state index is -1.29. The number of halogens is 1. The zero-order valence-corrected chi connectivity index (χ0v) is 16.5. The summed E-state index contributed by atoms with van der Waals surface area (Å²) in [5.74, 6) is -1.65. The molecule has 0 unspecified atom stereocenters. The number of anilines is 1. The van der Waals surface area contributed by atoms with Crippen molar-refractivity contribution in [3.05, 3.63) is 46.0 Å². The van der Waals surface area contributed by atoms with E-state index in [4.69, 9.17) is 0 Å². The molecule has 8 heteroatoms. The van der Waals surface area contributed by atoms with Gasteiger partial charge in [0, 0.05) is 44.3 Å². The third-order valence-corrected chi connectivity index (χ3v) is 5.64. The zero-order valence-electron chi connectivity index (χ0n) is 16.5. The lowest BCUT2D eigenvalue weighted by Crippen LogP contribution is -2.46. The van der Waals surface area contributed by atoms with Gasteiger partial charge in [-0.3, -0.25) is 4.79 Å². The van der Waals surface area contributed by atoms with Gasteiger partial charge in [-0.25, -0.2) is 14.2 Å². The first-order valence-electron chi connectivity index (χ1n) is 9.81. The number of likely N-dealkylation sites (N-methyl/N-ethyl adjacent to an activating group) is 1. The fraction of sp³-hybridized carbons (Fsp3) is 0.381. The molecule has 1 saturated heterocycles. The fourth-order valence-electron chi connectivity index (χ4n) is 3.92. The summed E-state index contributed by atoms with van der Waals surface area (Å²) in [6.45, 7) is 8.65. The number of hydrogen-bond acceptors (Lipinski definition) is 5. The first-order chi connectivity index (χ1) is 13.9. The summed E-state index contributed by atoms with van der Waals surface area (Å²) in [6.07, 6.45) is 1.32. The summed E-state index contributed by atoms with van der Waals surface area (Å²) in [4.78, 5) is 33.0. The molecule has 4 rings (SSSR count). The minimum Gasteiger partial charge on any atom is -0.477 e. The Balaban J connectivity index is 1.87. The maximum absolute atomic E-state index is 14.9. The van der Waals surface area contributed by atoms with E-state index in [2.05, 4.69) is 16.8 Å². The third kappa shape index (κ3) is 3.33. The van der Waals surface area contributed by atoms with Crippen molar-refractivity contribution < 1.29 is 14.3 Å². The predicted octanol–water partition coefficient (Wildman–Crippen LogP) is 2.55. The Morgan fingerprint density at radius 1 is 1.14 bits per heavy atom. The highest BCUT2D eigenvalue weighted by Gasteiger charge is 2.21. The lowest BCUT2D eigenvalue weighted by atomic mass is 10.1. The van der Waals surface area contributed by atoms with E-state index in [9.17, 15) is 19.1 Å². The number of pyridine rings is 2. The molecule has 2 aromatic heterocycles. The van der Waals surface area contributed by atoms with E-state index in [0.717, 1.165) is 32.7 Å². The Morgan fingerprint density at radius 3 is 2.48 bits per heavy atom. The molecule has 1 fully saturated rings. The first kappa shape index (κ1) is 19.3. The molecule has 1 aliphatic rings. The van der Waals surface area contributed by atoms with Crippen LogP contribution in [-0.4, -0.2) is 58.3 Å². The monoisotopic (exact) mass is 398 g/mol. The van der Waals surface area contributed by atoms with Crippen molar-refractivity contribution in [1.82, 2.24) is 14.5 Å². The van der Waals surface area contributed by atoms with Crippen molar-refractivity contribution in [3.63, 3.8) is 0 Å². The van der Waals surface area contributed by atoms with Crippen LogP contribution >= 0.6 is 0 Å². The molecule has 7 nitrogen and oxygen atoms in total. The molecule has 152 valence electrons. The third-order valence-electron chi connectivity index (χ3n) is 5.64. The van der Waals surface area contributed by atoms with Gasteiger partial charge in [0.15, 0.2) is 0 Å². The highest BCUT2D eigenvalue weighted by atomic mass is 19.1. The smallest absolute Gasteiger partial charge is 0.341 e. The molecule has 0 atom stereocenters. The molecule has 1 aromatic carbocycles. The number of carbonyl (C=O) groups is 1. The summed E-state index contributed by atoms with van der Waals surface area (Å²) >= 11 is 0. The van der Waals surface area contributed by atoms with Gasteiger partial charge in [0.05, 0.1) is 16.6 Å². The van der Waals surface area contributed by atoms with Gasteiger partial charge >= 0.3 is 5.97 Å². The summed E-state index contributed by atoms with van der Waals surface area (Å²) < 4.78 is 16.5. The number of rotatable bonds is 4. The topological polar surface area (TPSA) is 78.7 Å². The Hall–Kier alpha value is -3.00. The van der Waals surface area contributed by atoms with Gasteiger partial charge in [0.25, 0.3) is 0 Å². The number of carboxylic acids is 1. The van der Waals surface area contributed by atoms with Gasteiger partial charge in [-0.1, -0.05) is 6.92 Å². The molecule has 0 radical (unpaired) electrons. The summed E-state index contributed by atoms with van der Waals surface area (Å²) in [5, 5.41) is 9.98. The van der Waals surface area contributed by atoms with E-state index in [-0.39, 0.29) is 16.8 Å². The largest absolute Gasteiger partial charge is 0.477 e. The number of aryl methyl sites for hydroxylation is 1. The normalized spacial score (nSPS) is 15.3. The van der Waals surface area contributed by atoms with Crippen molar-refractivity contribution in [3.8, 4) is 0 Å². The maximum Gasteiger partial charge on any atom is 0.341 e. The number of nitrogens with zero attached hydrogens (tertiary/aromatic N) is 4. The molecule has 0 bridgehead atoms. The van der Waals surface area contributed by atoms with Crippen LogP contribution in [0.4, 0.5) is 10.1 Å². The van der Waals surface area contributed by atoms with Crippen molar-refractivity contribution in [1.29, 1.82) is 0 Å². The van der Waals surface area contributed by atoms with Gasteiger partial charge in [-0.05, 0) is 31.7 Å². The molecule has 0 amide bonds. The number of piperazine rings is 1. The molecule has 3 aromatic rings. The molecular weight excluding hydrogens is 375 g/mol. The van der Waals surface area contributed by atoms with Crippen molar-refractivity contribution in [2.45, 2.75) is 20.4 Å². The zero-order chi connectivity index (χ0) is 20.7. The number of carboxylic acid groups (broad SMARTS) is 1. The Kier molecular flexibility index (Phi) is 4.96. The average molecular weight is 398 g/mol. The lowest BCUT2D eigenvalue weighted by molar-refractivity contribution is 0.0695. The Morgan fingerprint density at radius 2 is 1.86 bits per heavy atom. The van der Waals surface area contributed by atoms with Crippen LogP contribution in [0, 0.1) is 5.82 Å². The Labute approximate surface area is 167 Å². The molecule has 29 heavy (non-hydrogen) atoms. The molecular formula is C21H23FN4O3. The van der Waals surface area contributed by atoms with E-state index in [1.54, 1.807) is 16.7 Å². The number of aromatic nitrogens is 2. The SMILES string of the molecule is CCN1CCN(c2cc3nc4c(cc3cc2F)c(=O)c(C(=O)O)cn4CC)CC1. The molecule has 0 spiro atoms. The average Bonchev–Trinajstić information content (AvgIpc) is 2.72. The molecule has 1 aliphatic heterocycles. The quantitative estimate of drug-likeness (QED) is 0.681. The van der Waals surface area contributed by atoms with Gasteiger partial charge in [-0.2, -0.15) is 0 Å². The van der Waals surface area contributed by atoms with E-state index < -0.39 is 11.4 Å². The van der Waals surface area contributed by atoms with E-state index in [1.807, 2.05) is 11.8 Å². The van der Waals surface area contributed by atoms with E-state index in [0.29, 0.717) is 28.8 Å². The summed E-state index contributed by atoms with van der Waals surface area (Å²) in [7, 11) is 0. The first-order valence-corrected chi connectivity index (χ1v) is 9.81. The van der Waals surface area contributed by atoms with Crippen LogP contribution < -0.4 is 10.3 Å². The van der Waals surface area contributed by atoms with Crippen LogP contribution in [0.2, 0.25) is 0 Å². The highest BCUT2D eigenvalue weighted by Crippen LogP contribution is 2.28. The summed E-state index contributed by atoms with van der Waals surface area (Å²) in [5.41, 5.74) is 0.575. The van der Waals surface area contributed by atoms with Gasteiger partial charge in [0.2, 0.25) is 5.43 Å². The number of benzene rings is 1. The van der Waals surface area contributed by atoms with Gasteiger partial charge < -0.3 is 19.5 Å². The van der Waals surface area contributed by atoms with Gasteiger partial charge in [-0.15, -0.1) is 0 Å². The molecule has 3 heterocycles. The lowest BCUT2D eigenvalue weighted by Gasteiger charge is -2.35. The minimum absolute atomic E-state index is 0.183. The van der Waals surface area contributed by atoms with Crippen molar-refractivity contribution in [2.24, 2.45) is 0 Å². The molecule has 1 N–H and O–H groups in total. The number of fused-ring (bicyclic) bond motifs is 2. The molecule has 0 aliphatic carbocycles. The maximum atomic E-state index is 14.9. The van der Waals surface area contributed by atoms with Crippen LogP contribution in [0.3, 0.4) is 0 Å². The second-order valence-electron chi connectivity index (χ2n) is 7.24. The fourth-order valence-corrected chi connectivity index (χ4v) is 3.92. The van der Waals surface area contributed by atoms with Crippen molar-refractivity contribution >= 4 is 33.6 Å². The summed E-state index contributed by atoms with van der Waals surface area (Å²) in [6, 6.07) is 4.65. The second kappa shape index (κ2) is 7.44. The highest BCUT2D eigenvalue weighted by molar-refractivity contribution is 5.96. The van der Waals surface area contributed by atoms with Crippen LogP contribution in [0.1, 0.15) is 24.2 Å². The molecule has 0 saturated carbocycles.